The summed E-state index contributed by atoms with van der Waals surface area (Å²) in [5.41, 5.74) is 5.09. The number of furan rings is 1. The van der Waals surface area contributed by atoms with Gasteiger partial charge < -0.3 is 14.5 Å². The van der Waals surface area contributed by atoms with Crippen LogP contribution in [0.4, 0.5) is 0 Å². The average Bonchev–Trinajstić information content (AvgIpc) is 3.36. The number of aromatic nitrogens is 2. The van der Waals surface area contributed by atoms with Crippen molar-refractivity contribution in [2.75, 3.05) is 39.4 Å². The molecule has 1 fully saturated rings. The molecule has 3 heterocycles. The Labute approximate surface area is 192 Å². The fourth-order valence-corrected chi connectivity index (χ4v) is 4.60. The van der Waals surface area contributed by atoms with E-state index in [1.165, 1.54) is 5.56 Å². The Bertz CT molecular complexity index is 1110. The predicted octanol–water partition coefficient (Wildman–Crippen LogP) is 3.31. The molecule has 1 N–H and O–H groups in total. The Hall–Kier alpha value is -2.61. The third-order valence-electron chi connectivity index (χ3n) is 6.20. The summed E-state index contributed by atoms with van der Waals surface area (Å²) in [6.45, 7) is 7.35. The van der Waals surface area contributed by atoms with Crippen molar-refractivity contribution in [1.29, 1.82) is 0 Å². The Kier molecular flexibility index (Phi) is 6.04. The van der Waals surface area contributed by atoms with E-state index >= 15 is 0 Å². The number of aryl methyl sites for hydroxylation is 2. The Morgan fingerprint density at radius 1 is 1.19 bits per heavy atom. The first-order chi connectivity index (χ1) is 15.6. The monoisotopic (exact) mass is 454 g/mol. The van der Waals surface area contributed by atoms with Crippen molar-refractivity contribution in [3.63, 3.8) is 0 Å². The predicted molar refractivity (Wildman–Crippen MR) is 122 cm³/mol. The highest BCUT2D eigenvalue weighted by Crippen LogP contribution is 2.38. The molecule has 1 saturated heterocycles. The van der Waals surface area contributed by atoms with E-state index in [1.54, 1.807) is 0 Å². The maximum absolute atomic E-state index is 12.8. The van der Waals surface area contributed by atoms with E-state index in [9.17, 15) is 4.79 Å². The number of hydrogen-bond donors (Lipinski definition) is 1. The summed E-state index contributed by atoms with van der Waals surface area (Å²) >= 11 is 6.00. The largest absolute Gasteiger partial charge is 0.455 e. The summed E-state index contributed by atoms with van der Waals surface area (Å²) in [6, 6.07) is 7.80. The number of fused-ring (bicyclic) bond motifs is 3. The highest BCUT2D eigenvalue weighted by molar-refractivity contribution is 6.30. The van der Waals surface area contributed by atoms with Gasteiger partial charge >= 0.3 is 0 Å². The van der Waals surface area contributed by atoms with Crippen LogP contribution in [0.5, 0.6) is 0 Å². The van der Waals surface area contributed by atoms with Crippen LogP contribution in [0.25, 0.3) is 11.3 Å². The van der Waals surface area contributed by atoms with Crippen molar-refractivity contribution < 1.29 is 13.9 Å². The van der Waals surface area contributed by atoms with Gasteiger partial charge in [-0.25, -0.2) is 0 Å². The van der Waals surface area contributed by atoms with Crippen molar-refractivity contribution in [3.05, 3.63) is 63.7 Å². The zero-order chi connectivity index (χ0) is 22.1. The van der Waals surface area contributed by atoms with Crippen LogP contribution < -0.4 is 5.32 Å². The minimum atomic E-state index is -0.160. The van der Waals surface area contributed by atoms with Gasteiger partial charge in [-0.2, -0.15) is 5.10 Å². The molecule has 3 aromatic rings. The normalized spacial score (nSPS) is 15.9. The molecule has 2 aromatic heterocycles. The van der Waals surface area contributed by atoms with Gasteiger partial charge in [0.05, 0.1) is 25.5 Å². The molecule has 2 aliphatic rings. The lowest BCUT2D eigenvalue weighted by molar-refractivity contribution is 0.0382. The van der Waals surface area contributed by atoms with E-state index in [0.717, 1.165) is 78.9 Å². The summed E-state index contributed by atoms with van der Waals surface area (Å²) in [6.07, 6.45) is 3.73. The van der Waals surface area contributed by atoms with Crippen LogP contribution in [0.1, 0.15) is 33.0 Å². The van der Waals surface area contributed by atoms with Gasteiger partial charge in [-0.3, -0.25) is 14.4 Å². The van der Waals surface area contributed by atoms with Crippen molar-refractivity contribution in [2.24, 2.45) is 0 Å². The van der Waals surface area contributed by atoms with E-state index in [2.05, 4.69) is 16.4 Å². The molecule has 0 unspecified atom stereocenters. The van der Waals surface area contributed by atoms with Gasteiger partial charge in [0.15, 0.2) is 5.76 Å². The van der Waals surface area contributed by atoms with Crippen LogP contribution in [-0.2, 0) is 24.1 Å². The highest BCUT2D eigenvalue weighted by atomic mass is 35.5. The molecule has 0 saturated carbocycles. The van der Waals surface area contributed by atoms with Crippen LogP contribution in [0, 0.1) is 6.92 Å². The molecular weight excluding hydrogens is 428 g/mol. The second-order valence-electron chi connectivity index (χ2n) is 8.39. The molecule has 1 aliphatic carbocycles. The SMILES string of the molecule is Cc1c(C(=O)NCCN2CCOCC2)oc2c1-c1nn(Cc3ccc(Cl)cc3)cc1CC2. The molecule has 1 aliphatic heterocycles. The molecule has 0 radical (unpaired) electrons. The lowest BCUT2D eigenvalue weighted by Gasteiger charge is -2.26. The first-order valence-corrected chi connectivity index (χ1v) is 11.5. The Morgan fingerprint density at radius 3 is 2.75 bits per heavy atom. The van der Waals surface area contributed by atoms with Crippen LogP contribution in [0.3, 0.4) is 0 Å². The Morgan fingerprint density at radius 2 is 1.97 bits per heavy atom. The van der Waals surface area contributed by atoms with Crippen LogP contribution in [0.15, 0.2) is 34.9 Å². The molecule has 1 amide bonds. The third-order valence-corrected chi connectivity index (χ3v) is 6.45. The number of hydrogen-bond acceptors (Lipinski definition) is 5. The van der Waals surface area contributed by atoms with Crippen molar-refractivity contribution >= 4 is 17.5 Å². The summed E-state index contributed by atoms with van der Waals surface area (Å²) in [5, 5.41) is 8.58. The minimum Gasteiger partial charge on any atom is -0.455 e. The molecule has 7 nitrogen and oxygen atoms in total. The molecule has 168 valence electrons. The summed E-state index contributed by atoms with van der Waals surface area (Å²) in [4.78, 5) is 15.1. The molecular formula is C24H27ClN4O3. The van der Waals surface area contributed by atoms with Crippen LogP contribution in [-0.4, -0.2) is 60.0 Å². The van der Waals surface area contributed by atoms with E-state index in [4.69, 9.17) is 25.9 Å². The number of halogens is 1. The van der Waals surface area contributed by atoms with E-state index < -0.39 is 0 Å². The molecule has 5 rings (SSSR count). The number of ether oxygens (including phenoxy) is 1. The van der Waals surface area contributed by atoms with E-state index in [0.29, 0.717) is 18.8 Å². The molecule has 0 bridgehead atoms. The number of carbonyl (C=O) groups is 1. The van der Waals surface area contributed by atoms with Gasteiger partial charge in [0.25, 0.3) is 5.91 Å². The zero-order valence-corrected chi connectivity index (χ0v) is 19.0. The molecule has 0 atom stereocenters. The lowest BCUT2D eigenvalue weighted by atomic mass is 9.93. The number of morpholine rings is 1. The smallest absolute Gasteiger partial charge is 0.287 e. The number of nitrogens with zero attached hydrogens (tertiary/aromatic N) is 3. The average molecular weight is 455 g/mol. The number of carbonyl (C=O) groups excluding carboxylic acids is 1. The minimum absolute atomic E-state index is 0.160. The second kappa shape index (κ2) is 9.10. The quantitative estimate of drug-likeness (QED) is 0.618. The molecule has 1 aromatic carbocycles. The summed E-state index contributed by atoms with van der Waals surface area (Å²) in [5.74, 6) is 1.09. The maximum atomic E-state index is 12.8. The summed E-state index contributed by atoms with van der Waals surface area (Å²) in [7, 11) is 0. The Balaban J connectivity index is 1.30. The van der Waals surface area contributed by atoms with Crippen molar-refractivity contribution in [1.82, 2.24) is 20.0 Å². The summed E-state index contributed by atoms with van der Waals surface area (Å²) < 4.78 is 13.4. The first-order valence-electron chi connectivity index (χ1n) is 11.1. The first kappa shape index (κ1) is 21.2. The number of benzene rings is 1. The third kappa shape index (κ3) is 4.33. The molecule has 0 spiro atoms. The second-order valence-corrected chi connectivity index (χ2v) is 8.83. The lowest BCUT2D eigenvalue weighted by Crippen LogP contribution is -2.41. The van der Waals surface area contributed by atoms with Crippen molar-refractivity contribution in [3.8, 4) is 11.3 Å². The van der Waals surface area contributed by atoms with Crippen LogP contribution >= 0.6 is 11.6 Å². The van der Waals surface area contributed by atoms with Gasteiger partial charge in [0, 0.05) is 54.9 Å². The molecule has 32 heavy (non-hydrogen) atoms. The van der Waals surface area contributed by atoms with Gasteiger partial charge in [-0.1, -0.05) is 23.7 Å². The van der Waals surface area contributed by atoms with E-state index in [-0.39, 0.29) is 5.91 Å². The zero-order valence-electron chi connectivity index (χ0n) is 18.2. The van der Waals surface area contributed by atoms with Gasteiger partial charge in [-0.05, 0) is 36.6 Å². The van der Waals surface area contributed by atoms with Crippen molar-refractivity contribution in [2.45, 2.75) is 26.3 Å². The number of rotatable bonds is 6. The van der Waals surface area contributed by atoms with Gasteiger partial charge in [0.1, 0.15) is 5.76 Å². The topological polar surface area (TPSA) is 72.5 Å². The molecule has 8 heteroatoms. The fourth-order valence-electron chi connectivity index (χ4n) is 4.47. The number of amides is 1. The maximum Gasteiger partial charge on any atom is 0.287 e. The van der Waals surface area contributed by atoms with E-state index in [1.807, 2.05) is 35.9 Å². The fraction of sp³-hybridized carbons (Fsp3) is 0.417. The van der Waals surface area contributed by atoms with Gasteiger partial charge in [-0.15, -0.1) is 0 Å². The highest BCUT2D eigenvalue weighted by Gasteiger charge is 2.29. The van der Waals surface area contributed by atoms with Gasteiger partial charge in [0.2, 0.25) is 0 Å². The standard InChI is InChI=1S/C24H27ClN4O3/c1-16-21-20(32-23(16)24(30)26-8-9-28-10-12-31-13-11-28)7-4-18-15-29(27-22(18)21)14-17-2-5-19(25)6-3-17/h2-3,5-6,15H,4,7-14H2,1H3,(H,26,30). The van der Waals surface area contributed by atoms with Crippen LogP contribution in [0.2, 0.25) is 5.02 Å². The number of nitrogens with one attached hydrogen (secondary N) is 1.